The highest BCUT2D eigenvalue weighted by Crippen LogP contribution is 2.23. The Bertz CT molecular complexity index is 1320. The van der Waals surface area contributed by atoms with Crippen molar-refractivity contribution < 1.29 is 26.4 Å². The van der Waals surface area contributed by atoms with Gasteiger partial charge in [0.05, 0.1) is 30.1 Å². The molecule has 0 radical (unpaired) electrons. The summed E-state index contributed by atoms with van der Waals surface area (Å²) in [6.45, 7) is 4.03. The van der Waals surface area contributed by atoms with Crippen molar-refractivity contribution in [3.63, 3.8) is 0 Å². The number of hydrogen-bond donors (Lipinski definition) is 0. The Morgan fingerprint density at radius 3 is 2.13 bits per heavy atom. The third-order valence-corrected chi connectivity index (χ3v) is 9.66. The van der Waals surface area contributed by atoms with Gasteiger partial charge in [-0.2, -0.15) is 4.31 Å². The highest BCUT2D eigenvalue weighted by Gasteiger charge is 2.29. The SMILES string of the molecule is CS(=O)(=O)N(CC(=O)N1CCN(C/C=C/c2ccccc2)CC1)c1ccc(S(=O)(=O)N2CCOCC2)cc1. The summed E-state index contributed by atoms with van der Waals surface area (Å²) in [4.78, 5) is 17.0. The summed E-state index contributed by atoms with van der Waals surface area (Å²) >= 11 is 0. The molecule has 2 aromatic carbocycles. The fraction of sp³-hybridized carbons (Fsp3) is 0.423. The topological polar surface area (TPSA) is 108 Å². The number of carbonyl (C=O) groups is 1. The van der Waals surface area contributed by atoms with Crippen molar-refractivity contribution in [2.75, 3.05) is 76.1 Å². The van der Waals surface area contributed by atoms with Crippen molar-refractivity contribution in [2.24, 2.45) is 0 Å². The lowest BCUT2D eigenvalue weighted by molar-refractivity contribution is -0.131. The van der Waals surface area contributed by atoms with Crippen LogP contribution in [0.4, 0.5) is 5.69 Å². The standard InChI is InChI=1S/C26H34N4O6S2/c1-37(32,33)30(24-9-11-25(12-10-24)38(34,35)29-18-20-36-21-19-29)22-26(31)28-16-14-27(15-17-28)13-5-8-23-6-3-2-4-7-23/h2-12H,13-22H2,1H3/b8-5+. The Kier molecular flexibility index (Phi) is 9.21. The highest BCUT2D eigenvalue weighted by molar-refractivity contribution is 7.92. The zero-order valence-corrected chi connectivity index (χ0v) is 23.1. The van der Waals surface area contributed by atoms with E-state index < -0.39 is 20.0 Å². The molecule has 2 fully saturated rings. The fourth-order valence-corrected chi connectivity index (χ4v) is 6.68. The fourth-order valence-electron chi connectivity index (χ4n) is 4.43. The first-order chi connectivity index (χ1) is 18.1. The number of amides is 1. The number of anilines is 1. The molecule has 12 heteroatoms. The molecule has 1 amide bonds. The molecule has 2 aliphatic rings. The van der Waals surface area contributed by atoms with Crippen molar-refractivity contribution in [1.29, 1.82) is 0 Å². The maximum Gasteiger partial charge on any atom is 0.243 e. The molecule has 0 aliphatic carbocycles. The van der Waals surface area contributed by atoms with E-state index in [1.807, 2.05) is 30.3 Å². The molecule has 2 aliphatic heterocycles. The smallest absolute Gasteiger partial charge is 0.243 e. The molecular formula is C26H34N4O6S2. The van der Waals surface area contributed by atoms with Crippen LogP contribution in [0.5, 0.6) is 0 Å². The van der Waals surface area contributed by atoms with E-state index in [9.17, 15) is 21.6 Å². The monoisotopic (exact) mass is 562 g/mol. The molecule has 0 spiro atoms. The predicted octanol–water partition coefficient (Wildman–Crippen LogP) is 1.33. The number of morpholine rings is 1. The molecule has 0 unspecified atom stereocenters. The number of rotatable bonds is 9. The third kappa shape index (κ3) is 7.20. The van der Waals surface area contributed by atoms with Gasteiger partial charge in [0.1, 0.15) is 6.54 Å². The summed E-state index contributed by atoms with van der Waals surface area (Å²) in [7, 11) is -7.49. The average Bonchev–Trinajstić information content (AvgIpc) is 2.92. The van der Waals surface area contributed by atoms with Crippen LogP contribution >= 0.6 is 0 Å². The second kappa shape index (κ2) is 12.4. The van der Waals surface area contributed by atoms with Crippen LogP contribution in [-0.2, 0) is 29.6 Å². The zero-order chi connectivity index (χ0) is 27.2. The van der Waals surface area contributed by atoms with Crippen LogP contribution in [-0.4, -0.2) is 109 Å². The number of sulfonamides is 2. The van der Waals surface area contributed by atoms with E-state index in [-0.39, 0.29) is 36.1 Å². The van der Waals surface area contributed by atoms with Gasteiger partial charge < -0.3 is 9.64 Å². The Morgan fingerprint density at radius 1 is 0.895 bits per heavy atom. The second-order valence-electron chi connectivity index (χ2n) is 9.27. The van der Waals surface area contributed by atoms with E-state index in [2.05, 4.69) is 17.1 Å². The number of nitrogens with zero attached hydrogens (tertiary/aromatic N) is 4. The maximum absolute atomic E-state index is 13.0. The van der Waals surface area contributed by atoms with Crippen molar-refractivity contribution in [3.8, 4) is 0 Å². The number of hydrogen-bond acceptors (Lipinski definition) is 7. The van der Waals surface area contributed by atoms with Gasteiger partial charge in [-0.1, -0.05) is 42.5 Å². The van der Waals surface area contributed by atoms with Crippen molar-refractivity contribution in [3.05, 3.63) is 66.2 Å². The molecule has 206 valence electrons. The zero-order valence-electron chi connectivity index (χ0n) is 21.5. The molecule has 2 saturated heterocycles. The molecule has 38 heavy (non-hydrogen) atoms. The largest absolute Gasteiger partial charge is 0.379 e. The van der Waals surface area contributed by atoms with E-state index in [1.54, 1.807) is 4.90 Å². The van der Waals surface area contributed by atoms with Crippen LogP contribution in [0.25, 0.3) is 6.08 Å². The van der Waals surface area contributed by atoms with E-state index >= 15 is 0 Å². The van der Waals surface area contributed by atoms with Gasteiger partial charge in [0.2, 0.25) is 26.0 Å². The predicted molar refractivity (Wildman–Crippen MR) is 147 cm³/mol. The normalized spacial score (nSPS) is 18.1. The van der Waals surface area contributed by atoms with Gasteiger partial charge >= 0.3 is 0 Å². The molecule has 0 atom stereocenters. The van der Waals surface area contributed by atoms with Crippen LogP contribution < -0.4 is 4.31 Å². The highest BCUT2D eigenvalue weighted by atomic mass is 32.2. The summed E-state index contributed by atoms with van der Waals surface area (Å²) in [5, 5.41) is 0. The van der Waals surface area contributed by atoms with Crippen molar-refractivity contribution in [1.82, 2.24) is 14.1 Å². The van der Waals surface area contributed by atoms with Gasteiger partial charge in [-0.15, -0.1) is 0 Å². The Balaban J connectivity index is 1.35. The number of carbonyl (C=O) groups excluding carboxylic acids is 1. The number of benzene rings is 2. The summed E-state index contributed by atoms with van der Waals surface area (Å²) in [5.74, 6) is -0.292. The van der Waals surface area contributed by atoms with E-state index in [0.29, 0.717) is 39.4 Å². The van der Waals surface area contributed by atoms with Crippen LogP contribution in [0.15, 0.2) is 65.6 Å². The van der Waals surface area contributed by atoms with Gasteiger partial charge in [-0.25, -0.2) is 16.8 Å². The number of ether oxygens (including phenoxy) is 1. The van der Waals surface area contributed by atoms with E-state index in [4.69, 9.17) is 4.74 Å². The van der Waals surface area contributed by atoms with Gasteiger partial charge in [0, 0.05) is 45.8 Å². The Morgan fingerprint density at radius 2 is 1.53 bits per heavy atom. The lowest BCUT2D eigenvalue weighted by Crippen LogP contribution is -2.51. The summed E-state index contributed by atoms with van der Waals surface area (Å²) < 4.78 is 58.5. The minimum Gasteiger partial charge on any atom is -0.379 e. The molecule has 2 aromatic rings. The summed E-state index contributed by atoms with van der Waals surface area (Å²) in [5.41, 5.74) is 1.38. The number of piperazine rings is 1. The lowest BCUT2D eigenvalue weighted by Gasteiger charge is -2.35. The first kappa shape index (κ1) is 28.2. The third-order valence-electron chi connectivity index (χ3n) is 6.61. The van der Waals surface area contributed by atoms with Crippen LogP contribution in [0.1, 0.15) is 5.56 Å². The second-order valence-corrected chi connectivity index (χ2v) is 13.1. The minimum absolute atomic E-state index is 0.0698. The first-order valence-electron chi connectivity index (χ1n) is 12.5. The molecule has 2 heterocycles. The molecular weight excluding hydrogens is 528 g/mol. The minimum atomic E-state index is -3.78. The first-order valence-corrected chi connectivity index (χ1v) is 15.8. The van der Waals surface area contributed by atoms with E-state index in [0.717, 1.165) is 22.7 Å². The summed E-state index contributed by atoms with van der Waals surface area (Å²) in [6, 6.07) is 15.7. The van der Waals surface area contributed by atoms with Crippen LogP contribution in [0, 0.1) is 0 Å². The van der Waals surface area contributed by atoms with Gasteiger partial charge in [0.25, 0.3) is 0 Å². The molecule has 0 bridgehead atoms. The Labute approximate surface area is 225 Å². The molecule has 0 N–H and O–H groups in total. The molecule has 0 aromatic heterocycles. The van der Waals surface area contributed by atoms with Crippen LogP contribution in [0.3, 0.4) is 0 Å². The molecule has 10 nitrogen and oxygen atoms in total. The molecule has 4 rings (SSSR count). The van der Waals surface area contributed by atoms with Crippen molar-refractivity contribution in [2.45, 2.75) is 4.90 Å². The lowest BCUT2D eigenvalue weighted by atomic mass is 10.2. The van der Waals surface area contributed by atoms with E-state index in [1.165, 1.54) is 28.6 Å². The van der Waals surface area contributed by atoms with Crippen molar-refractivity contribution >= 4 is 37.7 Å². The average molecular weight is 563 g/mol. The van der Waals surface area contributed by atoms with Gasteiger partial charge in [-0.05, 0) is 29.8 Å². The quantitative estimate of drug-likeness (QED) is 0.454. The Hall–Kier alpha value is -2.77. The van der Waals surface area contributed by atoms with Gasteiger partial charge in [-0.3, -0.25) is 14.0 Å². The van der Waals surface area contributed by atoms with Crippen LogP contribution in [0.2, 0.25) is 0 Å². The molecule has 0 saturated carbocycles. The maximum atomic E-state index is 13.0. The van der Waals surface area contributed by atoms with Gasteiger partial charge in [0.15, 0.2) is 0 Å². The summed E-state index contributed by atoms with van der Waals surface area (Å²) in [6.07, 6.45) is 5.20.